The van der Waals surface area contributed by atoms with Crippen LogP contribution in [0.15, 0.2) is 12.4 Å². The van der Waals surface area contributed by atoms with E-state index < -0.39 is 0 Å². The highest BCUT2D eigenvalue weighted by Gasteiger charge is 1.98. The maximum atomic E-state index is 10.5. The van der Waals surface area contributed by atoms with E-state index in [-0.39, 0.29) is 18.4 Å². The normalized spacial score (nSPS) is 9.50. The molecular weight excluding hydrogens is 180 g/mol. The predicted molar refractivity (Wildman–Crippen MR) is 43.2 cm³/mol. The first-order chi connectivity index (χ1) is 5.68. The zero-order valence-electron chi connectivity index (χ0n) is 6.45. The Morgan fingerprint density at radius 3 is 2.67 bits per heavy atom. The summed E-state index contributed by atoms with van der Waals surface area (Å²) >= 11 is 5.53. The molecular formula is C7H7ClN2O2. The lowest BCUT2D eigenvalue weighted by Crippen LogP contribution is -2.08. The van der Waals surface area contributed by atoms with Crippen LogP contribution in [0.1, 0.15) is 6.92 Å². The van der Waals surface area contributed by atoms with Gasteiger partial charge in [-0.25, -0.2) is 9.97 Å². The summed E-state index contributed by atoms with van der Waals surface area (Å²) in [5.41, 5.74) is 0. The summed E-state index contributed by atoms with van der Waals surface area (Å²) in [6.45, 7) is 1.41. The van der Waals surface area contributed by atoms with E-state index in [1.165, 1.54) is 19.3 Å². The third kappa shape index (κ3) is 2.84. The minimum absolute atomic E-state index is 0.0123. The molecule has 0 spiro atoms. The van der Waals surface area contributed by atoms with Crippen LogP contribution in [0.25, 0.3) is 0 Å². The van der Waals surface area contributed by atoms with Crippen LogP contribution in [0, 0.1) is 0 Å². The summed E-state index contributed by atoms with van der Waals surface area (Å²) < 4.78 is 4.89. The molecule has 12 heavy (non-hydrogen) atoms. The van der Waals surface area contributed by atoms with Crippen molar-refractivity contribution in [2.75, 3.05) is 6.61 Å². The molecule has 0 bridgehead atoms. The van der Waals surface area contributed by atoms with Gasteiger partial charge in [0.1, 0.15) is 6.61 Å². The Morgan fingerprint density at radius 2 is 2.17 bits per heavy atom. The molecule has 0 aliphatic rings. The summed E-state index contributed by atoms with van der Waals surface area (Å²) in [5.74, 6) is -0.0754. The van der Waals surface area contributed by atoms with Crippen LogP contribution in [0.5, 0.6) is 6.01 Å². The predicted octanol–water partition coefficient (Wildman–Crippen LogP) is 1.10. The zero-order valence-corrected chi connectivity index (χ0v) is 7.21. The maximum Gasteiger partial charge on any atom is 0.316 e. The van der Waals surface area contributed by atoms with E-state index in [1.807, 2.05) is 0 Å². The average Bonchev–Trinajstić information content (AvgIpc) is 2.03. The molecule has 0 atom stereocenters. The van der Waals surface area contributed by atoms with Gasteiger partial charge in [-0.2, -0.15) is 0 Å². The number of ether oxygens (including phenoxy) is 1. The lowest BCUT2D eigenvalue weighted by atomic mass is 10.5. The fourth-order valence-corrected chi connectivity index (χ4v) is 0.639. The number of Topliss-reactive ketones (excluding diaryl/α,β-unsaturated/α-hetero) is 1. The Bertz CT molecular complexity index is 273. The second kappa shape index (κ2) is 4.01. The zero-order chi connectivity index (χ0) is 8.97. The van der Waals surface area contributed by atoms with Crippen molar-refractivity contribution in [3.63, 3.8) is 0 Å². The first-order valence-electron chi connectivity index (χ1n) is 3.28. The molecule has 5 heteroatoms. The molecule has 0 saturated heterocycles. The molecule has 1 aromatic heterocycles. The number of carbonyl (C=O) groups is 1. The average molecular weight is 187 g/mol. The SMILES string of the molecule is CC(=O)COc1ncc(Cl)cn1. The van der Waals surface area contributed by atoms with Gasteiger partial charge >= 0.3 is 6.01 Å². The van der Waals surface area contributed by atoms with Crippen LogP contribution in [0.2, 0.25) is 5.02 Å². The van der Waals surface area contributed by atoms with Gasteiger partial charge in [0.25, 0.3) is 0 Å². The van der Waals surface area contributed by atoms with Crippen molar-refractivity contribution in [3.05, 3.63) is 17.4 Å². The Kier molecular flexibility index (Phi) is 2.99. The van der Waals surface area contributed by atoms with Gasteiger partial charge in [0.05, 0.1) is 17.4 Å². The Balaban J connectivity index is 2.53. The van der Waals surface area contributed by atoms with Crippen LogP contribution in [-0.4, -0.2) is 22.4 Å². The Hall–Kier alpha value is -1.16. The van der Waals surface area contributed by atoms with Crippen molar-refractivity contribution in [2.24, 2.45) is 0 Å². The molecule has 0 saturated carbocycles. The molecule has 4 nitrogen and oxygen atoms in total. The van der Waals surface area contributed by atoms with E-state index in [4.69, 9.17) is 16.3 Å². The van der Waals surface area contributed by atoms with Gasteiger partial charge in [-0.1, -0.05) is 11.6 Å². The minimum atomic E-state index is -0.0754. The summed E-state index contributed by atoms with van der Waals surface area (Å²) in [5, 5.41) is 0.435. The van der Waals surface area contributed by atoms with Crippen LogP contribution in [0.4, 0.5) is 0 Å². The van der Waals surface area contributed by atoms with Gasteiger partial charge in [-0.3, -0.25) is 4.79 Å². The molecule has 0 radical (unpaired) electrons. The van der Waals surface area contributed by atoms with Gasteiger partial charge in [-0.15, -0.1) is 0 Å². The van der Waals surface area contributed by atoms with Gasteiger partial charge in [0, 0.05) is 0 Å². The number of rotatable bonds is 3. The smallest absolute Gasteiger partial charge is 0.316 e. The molecule has 0 unspecified atom stereocenters. The molecule has 0 amide bonds. The van der Waals surface area contributed by atoms with Crippen LogP contribution >= 0.6 is 11.6 Å². The quantitative estimate of drug-likeness (QED) is 0.709. The van der Waals surface area contributed by atoms with E-state index in [1.54, 1.807) is 0 Å². The molecule has 1 aromatic rings. The Morgan fingerprint density at radius 1 is 1.58 bits per heavy atom. The van der Waals surface area contributed by atoms with E-state index in [0.717, 1.165) is 0 Å². The summed E-state index contributed by atoms with van der Waals surface area (Å²) in [7, 11) is 0. The van der Waals surface area contributed by atoms with Gasteiger partial charge in [0.2, 0.25) is 0 Å². The third-order valence-corrected chi connectivity index (χ3v) is 1.20. The number of hydrogen-bond donors (Lipinski definition) is 0. The van der Waals surface area contributed by atoms with E-state index in [0.29, 0.717) is 5.02 Å². The highest BCUT2D eigenvalue weighted by Crippen LogP contribution is 2.06. The molecule has 0 aliphatic carbocycles. The molecule has 0 aromatic carbocycles. The van der Waals surface area contributed by atoms with Crippen molar-refractivity contribution in [2.45, 2.75) is 6.92 Å². The summed E-state index contributed by atoms with van der Waals surface area (Å²) in [6.07, 6.45) is 2.81. The number of ketones is 1. The third-order valence-electron chi connectivity index (χ3n) is 1.00. The lowest BCUT2D eigenvalue weighted by molar-refractivity contribution is -0.119. The highest BCUT2D eigenvalue weighted by atomic mass is 35.5. The number of nitrogens with zero attached hydrogens (tertiary/aromatic N) is 2. The number of hydrogen-bond acceptors (Lipinski definition) is 4. The fourth-order valence-electron chi connectivity index (χ4n) is 0.541. The highest BCUT2D eigenvalue weighted by molar-refractivity contribution is 6.30. The maximum absolute atomic E-state index is 10.5. The van der Waals surface area contributed by atoms with Gasteiger partial charge in [-0.05, 0) is 6.92 Å². The molecule has 1 rings (SSSR count). The van der Waals surface area contributed by atoms with Crippen LogP contribution in [0.3, 0.4) is 0 Å². The van der Waals surface area contributed by atoms with E-state index in [9.17, 15) is 4.79 Å². The summed E-state index contributed by atoms with van der Waals surface area (Å²) in [4.78, 5) is 17.9. The molecule has 0 N–H and O–H groups in total. The second-order valence-electron chi connectivity index (χ2n) is 2.17. The second-order valence-corrected chi connectivity index (χ2v) is 2.61. The Labute approximate surface area is 74.5 Å². The largest absolute Gasteiger partial charge is 0.455 e. The van der Waals surface area contributed by atoms with Crippen molar-refractivity contribution < 1.29 is 9.53 Å². The lowest BCUT2D eigenvalue weighted by Gasteiger charge is -1.99. The fraction of sp³-hybridized carbons (Fsp3) is 0.286. The number of carbonyl (C=O) groups excluding carboxylic acids is 1. The first-order valence-corrected chi connectivity index (χ1v) is 3.66. The topological polar surface area (TPSA) is 52.1 Å². The van der Waals surface area contributed by atoms with Gasteiger partial charge in [0.15, 0.2) is 5.78 Å². The standard InChI is InChI=1S/C7H7ClN2O2/c1-5(11)4-12-7-9-2-6(8)3-10-7/h2-3H,4H2,1H3. The molecule has 0 aliphatic heterocycles. The number of halogens is 1. The van der Waals surface area contributed by atoms with Crippen molar-refractivity contribution in [3.8, 4) is 6.01 Å². The summed E-state index contributed by atoms with van der Waals surface area (Å²) in [6, 6.07) is 0.162. The minimum Gasteiger partial charge on any atom is -0.455 e. The molecule has 64 valence electrons. The van der Waals surface area contributed by atoms with Crippen LogP contribution < -0.4 is 4.74 Å². The first kappa shape index (κ1) is 8.93. The molecule has 1 heterocycles. The van der Waals surface area contributed by atoms with Crippen molar-refractivity contribution in [1.82, 2.24) is 9.97 Å². The van der Waals surface area contributed by atoms with Crippen LogP contribution in [-0.2, 0) is 4.79 Å². The van der Waals surface area contributed by atoms with Gasteiger partial charge < -0.3 is 4.74 Å². The molecule has 0 fully saturated rings. The van der Waals surface area contributed by atoms with Crippen molar-refractivity contribution in [1.29, 1.82) is 0 Å². The monoisotopic (exact) mass is 186 g/mol. The van der Waals surface area contributed by atoms with E-state index >= 15 is 0 Å². The van der Waals surface area contributed by atoms with E-state index in [2.05, 4.69) is 9.97 Å². The van der Waals surface area contributed by atoms with Crippen molar-refractivity contribution >= 4 is 17.4 Å². The number of aromatic nitrogens is 2.